The average molecular weight is 408 g/mol. The minimum atomic E-state index is -0.570. The Balaban J connectivity index is 1.83. The number of rotatable bonds is 5. The molecule has 0 radical (unpaired) electrons. The summed E-state index contributed by atoms with van der Waals surface area (Å²) in [6, 6.07) is 6.53. The third kappa shape index (κ3) is 3.96. The van der Waals surface area contributed by atoms with Crippen LogP contribution >= 0.6 is 23.2 Å². The van der Waals surface area contributed by atoms with E-state index in [2.05, 4.69) is 20.6 Å². The fraction of sp³-hybridized carbons (Fsp3) is 0.176. The van der Waals surface area contributed by atoms with Gasteiger partial charge < -0.3 is 10.1 Å². The Bertz CT molecular complexity index is 1010. The molecule has 140 valence electrons. The number of hydrogen-bond acceptors (Lipinski definition) is 5. The minimum absolute atomic E-state index is 0.160. The summed E-state index contributed by atoms with van der Waals surface area (Å²) in [4.78, 5) is 24.5. The number of nitrogens with zero attached hydrogens (tertiary/aromatic N) is 3. The summed E-state index contributed by atoms with van der Waals surface area (Å²) in [5.74, 6) is -0.841. The third-order valence-electron chi connectivity index (χ3n) is 3.70. The summed E-state index contributed by atoms with van der Waals surface area (Å²) in [6.45, 7) is 1.91. The van der Waals surface area contributed by atoms with Gasteiger partial charge in [0.15, 0.2) is 0 Å². The highest BCUT2D eigenvalue weighted by molar-refractivity contribution is 6.36. The van der Waals surface area contributed by atoms with E-state index in [1.54, 1.807) is 38.2 Å². The highest BCUT2D eigenvalue weighted by Gasteiger charge is 2.21. The molecule has 2 heterocycles. The van der Waals surface area contributed by atoms with E-state index < -0.39 is 11.9 Å². The third-order valence-corrected chi connectivity index (χ3v) is 4.24. The van der Waals surface area contributed by atoms with Gasteiger partial charge in [-0.3, -0.25) is 14.6 Å². The van der Waals surface area contributed by atoms with E-state index in [-0.39, 0.29) is 23.7 Å². The number of halogens is 2. The summed E-state index contributed by atoms with van der Waals surface area (Å²) >= 11 is 12.1. The topological polar surface area (TPSA) is 102 Å². The number of benzene rings is 1. The molecule has 0 aliphatic heterocycles. The van der Waals surface area contributed by atoms with Crippen molar-refractivity contribution in [3.8, 4) is 11.3 Å². The van der Waals surface area contributed by atoms with Gasteiger partial charge in [-0.1, -0.05) is 23.2 Å². The van der Waals surface area contributed by atoms with Gasteiger partial charge in [0.25, 0.3) is 5.91 Å². The van der Waals surface area contributed by atoms with Crippen LogP contribution in [0.15, 0.2) is 30.5 Å². The number of hydrogen-bond donors (Lipinski definition) is 2. The summed E-state index contributed by atoms with van der Waals surface area (Å²) in [6.07, 6.45) is 1.33. The lowest BCUT2D eigenvalue weighted by Crippen LogP contribution is -2.18. The van der Waals surface area contributed by atoms with Crippen molar-refractivity contribution in [1.29, 1.82) is 0 Å². The predicted molar refractivity (Wildman–Crippen MR) is 101 cm³/mol. The van der Waals surface area contributed by atoms with Gasteiger partial charge in [-0.15, -0.1) is 0 Å². The molecule has 0 bridgehead atoms. The fourth-order valence-corrected chi connectivity index (χ4v) is 2.90. The van der Waals surface area contributed by atoms with Crippen LogP contribution in [-0.4, -0.2) is 38.5 Å². The Kier molecular flexibility index (Phi) is 5.48. The van der Waals surface area contributed by atoms with E-state index >= 15 is 0 Å². The van der Waals surface area contributed by atoms with Crippen LogP contribution in [0.1, 0.15) is 27.8 Å². The molecular weight excluding hydrogens is 393 g/mol. The standard InChI is InChI=1S/C17H15Cl2N5O3/c1-3-27-17(26)11-8-20-24(2)15(11)21-16(25)14-7-13(22-23-14)10-5-4-9(18)6-12(10)19/h4-8H,3H2,1-2H3,(H,21,25)(H,22,23). The van der Waals surface area contributed by atoms with E-state index in [1.807, 2.05) is 0 Å². The number of aromatic amines is 1. The van der Waals surface area contributed by atoms with Crippen molar-refractivity contribution in [2.75, 3.05) is 11.9 Å². The van der Waals surface area contributed by atoms with Gasteiger partial charge in [-0.2, -0.15) is 10.2 Å². The molecule has 27 heavy (non-hydrogen) atoms. The second kappa shape index (κ2) is 7.81. The molecule has 0 spiro atoms. The van der Waals surface area contributed by atoms with Gasteiger partial charge in [0.2, 0.25) is 0 Å². The molecule has 0 unspecified atom stereocenters. The first-order valence-electron chi connectivity index (χ1n) is 7.92. The molecule has 0 saturated carbocycles. The molecule has 0 saturated heterocycles. The van der Waals surface area contributed by atoms with E-state index in [0.717, 1.165) is 0 Å². The first-order valence-corrected chi connectivity index (χ1v) is 8.67. The largest absolute Gasteiger partial charge is 0.462 e. The van der Waals surface area contributed by atoms with Gasteiger partial charge in [0.05, 0.1) is 23.5 Å². The zero-order valence-corrected chi connectivity index (χ0v) is 15.9. The number of H-pyrrole nitrogens is 1. The van der Waals surface area contributed by atoms with Gasteiger partial charge in [-0.25, -0.2) is 4.79 Å². The maximum atomic E-state index is 12.6. The van der Waals surface area contributed by atoms with Crippen LogP contribution in [0.4, 0.5) is 5.82 Å². The van der Waals surface area contributed by atoms with Crippen LogP contribution in [0.5, 0.6) is 0 Å². The average Bonchev–Trinajstić information content (AvgIpc) is 3.23. The highest BCUT2D eigenvalue weighted by atomic mass is 35.5. The second-order valence-corrected chi connectivity index (χ2v) is 6.34. The van der Waals surface area contributed by atoms with Crippen LogP contribution in [0, 0.1) is 0 Å². The second-order valence-electron chi connectivity index (χ2n) is 5.50. The quantitative estimate of drug-likeness (QED) is 0.629. The number of carbonyl (C=O) groups is 2. The zero-order chi connectivity index (χ0) is 19.6. The molecule has 10 heteroatoms. The van der Waals surface area contributed by atoms with Gasteiger partial charge in [0.1, 0.15) is 17.1 Å². The number of nitrogens with one attached hydrogen (secondary N) is 2. The Morgan fingerprint density at radius 2 is 2.07 bits per heavy atom. The number of esters is 1. The van der Waals surface area contributed by atoms with Crippen LogP contribution in [0.3, 0.4) is 0 Å². The number of amides is 1. The van der Waals surface area contributed by atoms with Gasteiger partial charge in [-0.05, 0) is 31.2 Å². The van der Waals surface area contributed by atoms with Crippen molar-refractivity contribution in [2.45, 2.75) is 6.92 Å². The van der Waals surface area contributed by atoms with Crippen molar-refractivity contribution in [3.63, 3.8) is 0 Å². The van der Waals surface area contributed by atoms with Crippen molar-refractivity contribution in [2.24, 2.45) is 7.05 Å². The van der Waals surface area contributed by atoms with Crippen molar-refractivity contribution in [1.82, 2.24) is 20.0 Å². The number of ether oxygens (including phenoxy) is 1. The first kappa shape index (κ1) is 18.9. The molecular formula is C17H15Cl2N5O3. The summed E-state index contributed by atoms with van der Waals surface area (Å²) in [5.41, 5.74) is 1.46. The van der Waals surface area contributed by atoms with Gasteiger partial charge >= 0.3 is 5.97 Å². The fourth-order valence-electron chi connectivity index (χ4n) is 2.39. The number of carbonyl (C=O) groups excluding carboxylic acids is 2. The Morgan fingerprint density at radius 3 is 2.78 bits per heavy atom. The van der Waals surface area contributed by atoms with E-state index in [9.17, 15) is 9.59 Å². The lowest BCUT2D eigenvalue weighted by molar-refractivity contribution is 0.0527. The molecule has 0 fully saturated rings. The summed E-state index contributed by atoms with van der Waals surface area (Å²) < 4.78 is 6.34. The molecule has 1 amide bonds. The number of anilines is 1. The molecule has 1 aromatic carbocycles. The van der Waals surface area contributed by atoms with E-state index in [4.69, 9.17) is 27.9 Å². The van der Waals surface area contributed by atoms with Crippen LogP contribution in [0.25, 0.3) is 11.3 Å². The van der Waals surface area contributed by atoms with Crippen molar-refractivity contribution in [3.05, 3.63) is 51.8 Å². The zero-order valence-electron chi connectivity index (χ0n) is 14.4. The normalized spacial score (nSPS) is 10.7. The molecule has 3 aromatic rings. The summed E-state index contributed by atoms with van der Waals surface area (Å²) in [5, 5.41) is 14.3. The van der Waals surface area contributed by atoms with Crippen molar-refractivity contribution < 1.29 is 14.3 Å². The molecule has 2 N–H and O–H groups in total. The molecule has 2 aromatic heterocycles. The molecule has 0 atom stereocenters. The monoisotopic (exact) mass is 407 g/mol. The molecule has 0 aliphatic carbocycles. The number of aryl methyl sites for hydroxylation is 1. The highest BCUT2D eigenvalue weighted by Crippen LogP contribution is 2.29. The lowest BCUT2D eigenvalue weighted by atomic mass is 10.1. The summed E-state index contributed by atoms with van der Waals surface area (Å²) in [7, 11) is 1.60. The Morgan fingerprint density at radius 1 is 1.30 bits per heavy atom. The maximum Gasteiger partial charge on any atom is 0.343 e. The maximum absolute atomic E-state index is 12.6. The SMILES string of the molecule is CCOC(=O)c1cnn(C)c1NC(=O)c1cc(-c2ccc(Cl)cc2Cl)n[nH]1. The lowest BCUT2D eigenvalue weighted by Gasteiger charge is -2.07. The van der Waals surface area contributed by atoms with Crippen LogP contribution in [-0.2, 0) is 11.8 Å². The Hall–Kier alpha value is -2.84. The van der Waals surface area contributed by atoms with E-state index in [0.29, 0.717) is 21.3 Å². The molecule has 3 rings (SSSR count). The van der Waals surface area contributed by atoms with Crippen LogP contribution < -0.4 is 5.32 Å². The predicted octanol–water partition coefficient (Wildman–Crippen LogP) is 3.55. The molecule has 8 nitrogen and oxygen atoms in total. The van der Waals surface area contributed by atoms with E-state index in [1.165, 1.54) is 10.9 Å². The van der Waals surface area contributed by atoms with Crippen molar-refractivity contribution >= 4 is 40.9 Å². The number of aromatic nitrogens is 4. The smallest absolute Gasteiger partial charge is 0.343 e. The van der Waals surface area contributed by atoms with Gasteiger partial charge in [0, 0.05) is 17.6 Å². The molecule has 0 aliphatic rings. The Labute approximate surface area is 164 Å². The van der Waals surface area contributed by atoms with Crippen LogP contribution in [0.2, 0.25) is 10.0 Å². The minimum Gasteiger partial charge on any atom is -0.462 e. The first-order chi connectivity index (χ1) is 12.9.